The number of hydrogen-bond acceptors (Lipinski definition) is 3. The van der Waals surface area contributed by atoms with E-state index in [1.54, 1.807) is 31.2 Å². The summed E-state index contributed by atoms with van der Waals surface area (Å²) in [5.74, 6) is -0.309. The molecule has 0 bridgehead atoms. The Bertz CT molecular complexity index is 898. The van der Waals surface area contributed by atoms with Crippen LogP contribution in [0.5, 0.6) is 0 Å². The van der Waals surface area contributed by atoms with E-state index in [2.05, 4.69) is 29.6 Å². The Kier molecular flexibility index (Phi) is 7.89. The molecule has 28 heavy (non-hydrogen) atoms. The second kappa shape index (κ2) is 9.94. The summed E-state index contributed by atoms with van der Waals surface area (Å²) in [5, 5.41) is 3.29. The SMILES string of the molecule is CC[C@H](C(=O)NCCCc1ccc(C)cc1)N(c1cccc(Cl)c1)S(C)(=O)=O. The number of nitrogens with zero attached hydrogens (tertiary/aromatic N) is 1. The highest BCUT2D eigenvalue weighted by Gasteiger charge is 2.31. The van der Waals surface area contributed by atoms with E-state index in [0.717, 1.165) is 23.4 Å². The zero-order valence-electron chi connectivity index (χ0n) is 16.5. The molecule has 2 rings (SSSR count). The van der Waals surface area contributed by atoms with Crippen LogP contribution in [0.1, 0.15) is 30.9 Å². The number of hydrogen-bond donors (Lipinski definition) is 1. The van der Waals surface area contributed by atoms with Gasteiger partial charge in [-0.05, 0) is 49.9 Å². The van der Waals surface area contributed by atoms with Crippen molar-refractivity contribution in [2.45, 2.75) is 39.2 Å². The quantitative estimate of drug-likeness (QED) is 0.622. The van der Waals surface area contributed by atoms with E-state index < -0.39 is 16.1 Å². The first-order valence-electron chi connectivity index (χ1n) is 9.30. The third-order valence-electron chi connectivity index (χ3n) is 4.45. The number of nitrogens with one attached hydrogen (secondary N) is 1. The first-order chi connectivity index (χ1) is 13.2. The minimum atomic E-state index is -3.65. The molecule has 0 aliphatic rings. The zero-order chi connectivity index (χ0) is 20.7. The van der Waals surface area contributed by atoms with Crippen LogP contribution in [-0.2, 0) is 21.2 Å². The molecule has 0 unspecified atom stereocenters. The van der Waals surface area contributed by atoms with Crippen molar-refractivity contribution in [2.24, 2.45) is 0 Å². The van der Waals surface area contributed by atoms with E-state index in [1.807, 2.05) is 6.92 Å². The van der Waals surface area contributed by atoms with Crippen molar-refractivity contribution in [3.63, 3.8) is 0 Å². The summed E-state index contributed by atoms with van der Waals surface area (Å²) >= 11 is 6.01. The fraction of sp³-hybridized carbons (Fsp3) is 0.381. The first-order valence-corrected chi connectivity index (χ1v) is 11.5. The molecule has 2 aromatic rings. The molecule has 0 saturated carbocycles. The molecule has 0 aromatic heterocycles. The highest BCUT2D eigenvalue weighted by molar-refractivity contribution is 7.92. The van der Waals surface area contributed by atoms with E-state index in [4.69, 9.17) is 11.6 Å². The van der Waals surface area contributed by atoms with Crippen LogP contribution in [0.2, 0.25) is 5.02 Å². The molecule has 0 saturated heterocycles. The molecule has 0 aliphatic carbocycles. The van der Waals surface area contributed by atoms with Crippen molar-refractivity contribution in [1.82, 2.24) is 5.32 Å². The number of rotatable bonds is 9. The van der Waals surface area contributed by atoms with E-state index in [-0.39, 0.29) is 5.91 Å². The third kappa shape index (κ3) is 6.24. The maximum atomic E-state index is 12.7. The largest absolute Gasteiger partial charge is 0.354 e. The lowest BCUT2D eigenvalue weighted by Gasteiger charge is -2.30. The Morgan fingerprint density at radius 1 is 1.18 bits per heavy atom. The predicted octanol–water partition coefficient (Wildman–Crippen LogP) is 3.94. The van der Waals surface area contributed by atoms with E-state index in [9.17, 15) is 13.2 Å². The fourth-order valence-corrected chi connectivity index (χ4v) is 4.44. The molecule has 5 nitrogen and oxygen atoms in total. The Balaban J connectivity index is 2.04. The molecule has 2 aromatic carbocycles. The van der Waals surface area contributed by atoms with Crippen LogP contribution in [0.4, 0.5) is 5.69 Å². The van der Waals surface area contributed by atoms with Gasteiger partial charge in [-0.1, -0.05) is 54.4 Å². The van der Waals surface area contributed by atoms with Gasteiger partial charge < -0.3 is 5.32 Å². The molecule has 1 atom stereocenters. The fourth-order valence-electron chi connectivity index (χ4n) is 3.05. The number of carbonyl (C=O) groups is 1. The van der Waals surface area contributed by atoms with Crippen LogP contribution in [0, 0.1) is 6.92 Å². The minimum Gasteiger partial charge on any atom is -0.354 e. The lowest BCUT2D eigenvalue weighted by atomic mass is 10.1. The standard InChI is InChI=1S/C21H27ClN2O3S/c1-4-20(24(28(3,26)27)19-9-5-8-18(22)15-19)21(25)23-14-6-7-17-12-10-16(2)11-13-17/h5,8-13,15,20H,4,6-7,14H2,1-3H3,(H,23,25)/t20-/m1/s1. The maximum absolute atomic E-state index is 12.7. The summed E-state index contributed by atoms with van der Waals surface area (Å²) in [6.45, 7) is 4.32. The highest BCUT2D eigenvalue weighted by atomic mass is 35.5. The second-order valence-corrected chi connectivity index (χ2v) is 9.14. The van der Waals surface area contributed by atoms with Gasteiger partial charge in [0.25, 0.3) is 0 Å². The smallest absolute Gasteiger partial charge is 0.243 e. The Morgan fingerprint density at radius 3 is 2.43 bits per heavy atom. The molecule has 0 spiro atoms. The summed E-state index contributed by atoms with van der Waals surface area (Å²) in [4.78, 5) is 12.7. The minimum absolute atomic E-state index is 0.309. The zero-order valence-corrected chi connectivity index (χ0v) is 18.1. The summed E-state index contributed by atoms with van der Waals surface area (Å²) in [6, 6.07) is 14.0. The second-order valence-electron chi connectivity index (χ2n) is 6.84. The van der Waals surface area contributed by atoms with Crippen LogP contribution in [0.25, 0.3) is 0 Å². The van der Waals surface area contributed by atoms with Crippen LogP contribution < -0.4 is 9.62 Å². The van der Waals surface area contributed by atoms with Crippen molar-refractivity contribution in [1.29, 1.82) is 0 Å². The van der Waals surface area contributed by atoms with Crippen LogP contribution in [0.3, 0.4) is 0 Å². The molecule has 152 valence electrons. The average molecular weight is 423 g/mol. The van der Waals surface area contributed by atoms with Crippen molar-refractivity contribution in [3.8, 4) is 0 Å². The van der Waals surface area contributed by atoms with Gasteiger partial charge in [-0.15, -0.1) is 0 Å². The van der Waals surface area contributed by atoms with Gasteiger partial charge in [-0.2, -0.15) is 0 Å². The third-order valence-corrected chi connectivity index (χ3v) is 5.87. The monoisotopic (exact) mass is 422 g/mol. The number of halogens is 1. The average Bonchev–Trinajstić information content (AvgIpc) is 2.63. The van der Waals surface area contributed by atoms with Gasteiger partial charge >= 0.3 is 0 Å². The number of amides is 1. The Labute approximate surface area is 172 Å². The molecule has 1 amide bonds. The number of benzene rings is 2. The first kappa shape index (κ1) is 22.2. The van der Waals surface area contributed by atoms with Gasteiger partial charge in [0.2, 0.25) is 15.9 Å². The highest BCUT2D eigenvalue weighted by Crippen LogP contribution is 2.25. The van der Waals surface area contributed by atoms with Gasteiger partial charge in [0.1, 0.15) is 6.04 Å². The van der Waals surface area contributed by atoms with Crippen molar-refractivity contribution < 1.29 is 13.2 Å². The molecule has 0 fully saturated rings. The number of sulfonamides is 1. The summed E-state index contributed by atoms with van der Waals surface area (Å²) < 4.78 is 25.9. The molecule has 7 heteroatoms. The molecule has 0 aliphatic heterocycles. The van der Waals surface area contributed by atoms with Gasteiger partial charge in [0.15, 0.2) is 0 Å². The molecular formula is C21H27ClN2O3S. The number of aryl methyl sites for hydroxylation is 2. The van der Waals surface area contributed by atoms with E-state index in [1.165, 1.54) is 11.1 Å². The number of carbonyl (C=O) groups excluding carboxylic acids is 1. The van der Waals surface area contributed by atoms with E-state index in [0.29, 0.717) is 23.7 Å². The van der Waals surface area contributed by atoms with Crippen LogP contribution in [-0.4, -0.2) is 33.2 Å². The van der Waals surface area contributed by atoms with Crippen LogP contribution >= 0.6 is 11.6 Å². The summed E-state index contributed by atoms with van der Waals surface area (Å²) in [5.41, 5.74) is 2.81. The Morgan fingerprint density at radius 2 is 1.86 bits per heavy atom. The lowest BCUT2D eigenvalue weighted by molar-refractivity contribution is -0.122. The van der Waals surface area contributed by atoms with Crippen LogP contribution in [0.15, 0.2) is 48.5 Å². The number of anilines is 1. The lowest BCUT2D eigenvalue weighted by Crippen LogP contribution is -2.49. The van der Waals surface area contributed by atoms with Gasteiger partial charge in [-0.25, -0.2) is 8.42 Å². The predicted molar refractivity (Wildman–Crippen MR) is 115 cm³/mol. The summed E-state index contributed by atoms with van der Waals surface area (Å²) in [6.07, 6.45) is 3.08. The molecular weight excluding hydrogens is 396 g/mol. The normalized spacial score (nSPS) is 12.4. The summed E-state index contributed by atoms with van der Waals surface area (Å²) in [7, 11) is -3.65. The van der Waals surface area contributed by atoms with Crippen molar-refractivity contribution >= 4 is 33.2 Å². The van der Waals surface area contributed by atoms with Crippen molar-refractivity contribution in [3.05, 3.63) is 64.7 Å². The topological polar surface area (TPSA) is 66.5 Å². The Hall–Kier alpha value is -2.05. The molecule has 1 N–H and O–H groups in total. The maximum Gasteiger partial charge on any atom is 0.243 e. The van der Waals surface area contributed by atoms with Gasteiger partial charge in [0, 0.05) is 11.6 Å². The van der Waals surface area contributed by atoms with E-state index >= 15 is 0 Å². The van der Waals surface area contributed by atoms with Gasteiger partial charge in [-0.3, -0.25) is 9.10 Å². The van der Waals surface area contributed by atoms with Crippen molar-refractivity contribution in [2.75, 3.05) is 17.1 Å². The van der Waals surface area contributed by atoms with Gasteiger partial charge in [0.05, 0.1) is 11.9 Å². The molecule has 0 heterocycles. The molecule has 0 radical (unpaired) electrons.